The van der Waals surface area contributed by atoms with E-state index in [1.807, 2.05) is 71.9 Å². The summed E-state index contributed by atoms with van der Waals surface area (Å²) in [6.07, 6.45) is 11.7. The maximum atomic E-state index is 5.69. The van der Waals surface area contributed by atoms with Gasteiger partial charge in [-0.15, -0.1) is 0 Å². The molecule has 0 aromatic rings. The molecule has 0 aliphatic heterocycles. The molecule has 1 heteroatoms. The van der Waals surface area contributed by atoms with E-state index in [0.717, 1.165) is 5.76 Å². The van der Waals surface area contributed by atoms with E-state index < -0.39 is 0 Å². The largest absolute Gasteiger partial charge is 0.489 e. The Balaban J connectivity index is 0. The highest BCUT2D eigenvalue weighted by molar-refractivity contribution is 5.23. The Hall–Kier alpha value is -1.50. The molecule has 0 aliphatic carbocycles. The van der Waals surface area contributed by atoms with E-state index in [2.05, 4.69) is 6.58 Å². The van der Waals surface area contributed by atoms with Crippen LogP contribution < -0.4 is 0 Å². The van der Waals surface area contributed by atoms with Crippen molar-refractivity contribution in [2.24, 2.45) is 0 Å². The fraction of sp³-hybridized carbons (Fsp3) is 0.412. The summed E-state index contributed by atoms with van der Waals surface area (Å²) in [6.45, 7) is 16.4. The Morgan fingerprint density at radius 1 is 1.17 bits per heavy atom. The summed E-state index contributed by atoms with van der Waals surface area (Å²) in [5.74, 6) is 0.846. The molecule has 0 radical (unpaired) electrons. The van der Waals surface area contributed by atoms with Crippen LogP contribution in [-0.4, -0.2) is 6.61 Å². The Morgan fingerprint density at radius 2 is 1.78 bits per heavy atom. The molecule has 1 nitrogen and oxygen atoms in total. The number of hydrogen-bond donors (Lipinski definition) is 0. The van der Waals surface area contributed by atoms with Crippen molar-refractivity contribution < 1.29 is 4.74 Å². The van der Waals surface area contributed by atoms with Gasteiger partial charge < -0.3 is 4.74 Å². The first kappa shape index (κ1) is 18.9. The number of allylic oxidation sites excluding steroid dienone is 6. The highest BCUT2D eigenvalue weighted by Gasteiger charge is 1.95. The van der Waals surface area contributed by atoms with E-state index >= 15 is 0 Å². The third-order valence-corrected chi connectivity index (χ3v) is 1.87. The van der Waals surface area contributed by atoms with Gasteiger partial charge in [-0.1, -0.05) is 50.3 Å². The zero-order valence-corrected chi connectivity index (χ0v) is 12.8. The van der Waals surface area contributed by atoms with Crippen molar-refractivity contribution in [2.75, 3.05) is 6.61 Å². The smallest absolute Gasteiger partial charge is 0.119 e. The monoisotopic (exact) mass is 248 g/mol. The van der Waals surface area contributed by atoms with E-state index in [1.165, 1.54) is 11.1 Å². The van der Waals surface area contributed by atoms with Crippen LogP contribution in [0.4, 0.5) is 0 Å². The van der Waals surface area contributed by atoms with Crippen LogP contribution in [0.1, 0.15) is 41.5 Å². The summed E-state index contributed by atoms with van der Waals surface area (Å²) in [5, 5.41) is 0. The van der Waals surface area contributed by atoms with Gasteiger partial charge in [-0.2, -0.15) is 0 Å². The third kappa shape index (κ3) is 11.0. The number of rotatable bonds is 6. The van der Waals surface area contributed by atoms with E-state index in [-0.39, 0.29) is 0 Å². The van der Waals surface area contributed by atoms with Crippen molar-refractivity contribution in [1.29, 1.82) is 0 Å². The molecule has 0 atom stereocenters. The lowest BCUT2D eigenvalue weighted by atomic mass is 10.2. The second-order valence-electron chi connectivity index (χ2n) is 3.68. The first-order chi connectivity index (χ1) is 8.63. The molecule has 0 saturated carbocycles. The summed E-state index contributed by atoms with van der Waals surface area (Å²) in [5.41, 5.74) is 2.38. The molecular formula is C17H28O. The second-order valence-corrected chi connectivity index (χ2v) is 3.68. The molecule has 0 rings (SSSR count). The summed E-state index contributed by atoms with van der Waals surface area (Å²) in [6, 6.07) is 0. The van der Waals surface area contributed by atoms with Gasteiger partial charge in [0.15, 0.2) is 0 Å². The lowest BCUT2D eigenvalue weighted by Crippen LogP contribution is -1.95. The molecule has 0 aliphatic rings. The second kappa shape index (κ2) is 13.6. The fourth-order valence-electron chi connectivity index (χ4n) is 1.15. The minimum atomic E-state index is 0.588. The average Bonchev–Trinajstić information content (AvgIpc) is 2.36. The van der Waals surface area contributed by atoms with Crippen LogP contribution in [0, 0.1) is 0 Å². The average molecular weight is 248 g/mol. The Labute approximate surface area is 113 Å². The molecule has 0 bridgehead atoms. The van der Waals surface area contributed by atoms with Crippen LogP contribution >= 0.6 is 0 Å². The normalized spacial score (nSPS) is 11.7. The molecule has 0 N–H and O–H groups in total. The first-order valence-electron chi connectivity index (χ1n) is 6.52. The van der Waals surface area contributed by atoms with Gasteiger partial charge in [0.25, 0.3) is 0 Å². The molecule has 0 spiro atoms. The molecule has 0 fully saturated rings. The van der Waals surface area contributed by atoms with Crippen LogP contribution in [0.2, 0.25) is 0 Å². The first-order valence-corrected chi connectivity index (χ1v) is 6.52. The SMILES string of the molecule is C=C/C=C(\C=C(C)C)OCC(/C=C\C)=C/C.CC. The van der Waals surface area contributed by atoms with Crippen molar-refractivity contribution in [3.63, 3.8) is 0 Å². The van der Waals surface area contributed by atoms with Gasteiger partial charge in [0.05, 0.1) is 0 Å². The predicted octanol–water partition coefficient (Wildman–Crippen LogP) is 5.59. The lowest BCUT2D eigenvalue weighted by Gasteiger charge is -2.07. The minimum absolute atomic E-state index is 0.588. The van der Waals surface area contributed by atoms with Crippen molar-refractivity contribution in [1.82, 2.24) is 0 Å². The number of hydrogen-bond acceptors (Lipinski definition) is 1. The molecule has 0 aromatic carbocycles. The van der Waals surface area contributed by atoms with E-state index in [1.54, 1.807) is 6.08 Å². The zero-order valence-electron chi connectivity index (χ0n) is 12.8. The molecule has 0 amide bonds. The summed E-state index contributed by atoms with van der Waals surface area (Å²) >= 11 is 0. The van der Waals surface area contributed by atoms with E-state index in [0.29, 0.717) is 6.61 Å². The highest BCUT2D eigenvalue weighted by Crippen LogP contribution is 2.08. The summed E-state index contributed by atoms with van der Waals surface area (Å²) in [7, 11) is 0. The summed E-state index contributed by atoms with van der Waals surface area (Å²) in [4.78, 5) is 0. The van der Waals surface area contributed by atoms with Gasteiger partial charge in [0.2, 0.25) is 0 Å². The van der Waals surface area contributed by atoms with Crippen molar-refractivity contribution in [3.8, 4) is 0 Å². The standard InChI is InChI=1S/C15H22O.C2H6/c1-6-9-14(8-3)12-16-15(10-7-2)11-13(4)5;1-2/h6-11H,2,12H2,1,3-5H3;1-2H3/b9-6-,14-8+,15-10+;. The van der Waals surface area contributed by atoms with Gasteiger partial charge in [0.1, 0.15) is 12.4 Å². The van der Waals surface area contributed by atoms with Gasteiger partial charge >= 0.3 is 0 Å². The van der Waals surface area contributed by atoms with Crippen LogP contribution in [-0.2, 0) is 4.74 Å². The molecule has 0 unspecified atom stereocenters. The van der Waals surface area contributed by atoms with Crippen LogP contribution in [0.15, 0.2) is 59.9 Å². The van der Waals surface area contributed by atoms with Crippen molar-refractivity contribution in [3.05, 3.63) is 59.9 Å². The zero-order chi connectivity index (χ0) is 14.4. The van der Waals surface area contributed by atoms with Gasteiger partial charge in [-0.05, 0) is 45.4 Å². The Morgan fingerprint density at radius 3 is 2.17 bits per heavy atom. The minimum Gasteiger partial charge on any atom is -0.489 e. The van der Waals surface area contributed by atoms with Gasteiger partial charge in [-0.25, -0.2) is 0 Å². The predicted molar refractivity (Wildman–Crippen MR) is 83.6 cm³/mol. The Bertz CT molecular complexity index is 324. The molecule has 18 heavy (non-hydrogen) atoms. The van der Waals surface area contributed by atoms with Gasteiger partial charge in [0, 0.05) is 0 Å². The quantitative estimate of drug-likeness (QED) is 0.440. The van der Waals surface area contributed by atoms with E-state index in [9.17, 15) is 0 Å². The Kier molecular flexibility index (Phi) is 14.2. The van der Waals surface area contributed by atoms with Crippen molar-refractivity contribution in [2.45, 2.75) is 41.5 Å². The molecule has 102 valence electrons. The topological polar surface area (TPSA) is 9.23 Å². The van der Waals surface area contributed by atoms with Crippen LogP contribution in [0.25, 0.3) is 0 Å². The van der Waals surface area contributed by atoms with Crippen LogP contribution in [0.5, 0.6) is 0 Å². The van der Waals surface area contributed by atoms with E-state index in [4.69, 9.17) is 4.74 Å². The third-order valence-electron chi connectivity index (χ3n) is 1.87. The molecular weight excluding hydrogens is 220 g/mol. The number of ether oxygens (including phenoxy) is 1. The lowest BCUT2D eigenvalue weighted by molar-refractivity contribution is 0.255. The highest BCUT2D eigenvalue weighted by atomic mass is 16.5. The molecule has 0 saturated heterocycles. The summed E-state index contributed by atoms with van der Waals surface area (Å²) < 4.78 is 5.69. The molecule has 0 aromatic heterocycles. The fourth-order valence-corrected chi connectivity index (χ4v) is 1.15. The maximum Gasteiger partial charge on any atom is 0.119 e. The van der Waals surface area contributed by atoms with Gasteiger partial charge in [-0.3, -0.25) is 0 Å². The maximum absolute atomic E-state index is 5.69. The molecule has 0 heterocycles. The van der Waals surface area contributed by atoms with Crippen LogP contribution in [0.3, 0.4) is 0 Å². The van der Waals surface area contributed by atoms with Crippen molar-refractivity contribution >= 4 is 0 Å².